The summed E-state index contributed by atoms with van der Waals surface area (Å²) >= 11 is 0. The number of fused-ring (bicyclic) bond motifs is 1. The van der Waals surface area contributed by atoms with Crippen molar-refractivity contribution in [2.45, 2.75) is 38.5 Å². The molecule has 1 N–H and O–H groups in total. The van der Waals surface area contributed by atoms with Gasteiger partial charge >= 0.3 is 0 Å². The smallest absolute Gasteiger partial charge is 0.0431 e. The summed E-state index contributed by atoms with van der Waals surface area (Å²) in [6, 6.07) is 7.03. The van der Waals surface area contributed by atoms with Gasteiger partial charge in [-0.1, -0.05) is 18.2 Å². The zero-order valence-corrected chi connectivity index (χ0v) is 11.5. The van der Waals surface area contributed by atoms with Gasteiger partial charge in [0.15, 0.2) is 0 Å². The zero-order valence-electron chi connectivity index (χ0n) is 11.5. The number of aryl methyl sites for hydroxylation is 2. The summed E-state index contributed by atoms with van der Waals surface area (Å²) in [5.41, 5.74) is 4.62. The SMILES string of the molecule is CN(CCCCO)CCc1ccc2c(c1)CCC2. The van der Waals surface area contributed by atoms with Gasteiger partial charge in [-0.05, 0) is 68.8 Å². The fraction of sp³-hybridized carbons (Fsp3) is 0.625. The van der Waals surface area contributed by atoms with Crippen LogP contribution in [0.3, 0.4) is 0 Å². The molecule has 0 spiro atoms. The Kier molecular flexibility index (Phi) is 5.21. The Hall–Kier alpha value is -0.860. The van der Waals surface area contributed by atoms with E-state index in [0.29, 0.717) is 6.61 Å². The molecule has 100 valence electrons. The van der Waals surface area contributed by atoms with Gasteiger partial charge in [0, 0.05) is 13.2 Å². The minimum atomic E-state index is 0.318. The Bertz CT molecular complexity index is 375. The molecule has 0 fully saturated rings. The first-order valence-electron chi connectivity index (χ1n) is 7.19. The van der Waals surface area contributed by atoms with Crippen LogP contribution in [-0.2, 0) is 19.3 Å². The van der Waals surface area contributed by atoms with Crippen molar-refractivity contribution in [3.05, 3.63) is 34.9 Å². The van der Waals surface area contributed by atoms with Crippen LogP contribution in [0, 0.1) is 0 Å². The maximum absolute atomic E-state index is 8.76. The van der Waals surface area contributed by atoms with Crippen molar-refractivity contribution in [2.24, 2.45) is 0 Å². The predicted molar refractivity (Wildman–Crippen MR) is 76.0 cm³/mol. The minimum Gasteiger partial charge on any atom is -0.396 e. The summed E-state index contributed by atoms with van der Waals surface area (Å²) in [6.45, 7) is 2.52. The summed E-state index contributed by atoms with van der Waals surface area (Å²) in [5, 5.41) is 8.76. The molecule has 0 aromatic heterocycles. The predicted octanol–water partition coefficient (Wildman–Crippen LogP) is 2.42. The van der Waals surface area contributed by atoms with E-state index in [0.717, 1.165) is 32.4 Å². The fourth-order valence-corrected chi connectivity index (χ4v) is 2.71. The highest BCUT2D eigenvalue weighted by Crippen LogP contribution is 2.22. The van der Waals surface area contributed by atoms with Crippen LogP contribution in [0.4, 0.5) is 0 Å². The van der Waals surface area contributed by atoms with Gasteiger partial charge < -0.3 is 10.0 Å². The second-order valence-electron chi connectivity index (χ2n) is 5.44. The van der Waals surface area contributed by atoms with Crippen molar-refractivity contribution in [3.63, 3.8) is 0 Å². The van der Waals surface area contributed by atoms with Gasteiger partial charge in [-0.3, -0.25) is 0 Å². The second-order valence-corrected chi connectivity index (χ2v) is 5.44. The van der Waals surface area contributed by atoms with Gasteiger partial charge in [0.05, 0.1) is 0 Å². The number of aliphatic hydroxyl groups is 1. The van der Waals surface area contributed by atoms with Gasteiger partial charge in [-0.2, -0.15) is 0 Å². The van der Waals surface area contributed by atoms with E-state index < -0.39 is 0 Å². The van der Waals surface area contributed by atoms with Crippen molar-refractivity contribution in [2.75, 3.05) is 26.7 Å². The highest BCUT2D eigenvalue weighted by molar-refractivity contribution is 5.35. The molecule has 0 saturated heterocycles. The highest BCUT2D eigenvalue weighted by atomic mass is 16.2. The number of unbranched alkanes of at least 4 members (excludes halogenated alkanes) is 1. The van der Waals surface area contributed by atoms with Gasteiger partial charge in [-0.15, -0.1) is 0 Å². The second kappa shape index (κ2) is 6.91. The first-order chi connectivity index (χ1) is 8.79. The van der Waals surface area contributed by atoms with Crippen molar-refractivity contribution >= 4 is 0 Å². The molecule has 0 heterocycles. The van der Waals surface area contributed by atoms with Crippen molar-refractivity contribution in [1.29, 1.82) is 0 Å². The molecule has 2 nitrogen and oxygen atoms in total. The minimum absolute atomic E-state index is 0.318. The van der Waals surface area contributed by atoms with E-state index >= 15 is 0 Å². The Morgan fingerprint density at radius 1 is 1.11 bits per heavy atom. The number of likely N-dealkylation sites (N-methyl/N-ethyl adjacent to an activating group) is 1. The molecular weight excluding hydrogens is 222 g/mol. The van der Waals surface area contributed by atoms with Crippen LogP contribution in [0.15, 0.2) is 18.2 Å². The van der Waals surface area contributed by atoms with Gasteiger partial charge in [0.1, 0.15) is 0 Å². The number of nitrogens with zero attached hydrogens (tertiary/aromatic N) is 1. The van der Waals surface area contributed by atoms with E-state index in [1.165, 1.54) is 24.8 Å². The average molecular weight is 247 g/mol. The van der Waals surface area contributed by atoms with Crippen LogP contribution >= 0.6 is 0 Å². The molecule has 2 rings (SSSR count). The number of benzene rings is 1. The molecule has 0 amide bonds. The largest absolute Gasteiger partial charge is 0.396 e. The molecule has 1 aliphatic carbocycles. The molecular formula is C16H25NO. The molecule has 1 aliphatic rings. The van der Waals surface area contributed by atoms with E-state index in [1.807, 2.05) is 0 Å². The zero-order chi connectivity index (χ0) is 12.8. The summed E-state index contributed by atoms with van der Waals surface area (Å²) in [5.74, 6) is 0. The number of aliphatic hydroxyl groups excluding tert-OH is 1. The quantitative estimate of drug-likeness (QED) is 0.748. The van der Waals surface area contributed by atoms with Crippen LogP contribution in [0.1, 0.15) is 36.0 Å². The first kappa shape index (κ1) is 13.6. The fourth-order valence-electron chi connectivity index (χ4n) is 2.71. The van der Waals surface area contributed by atoms with E-state index in [1.54, 1.807) is 11.1 Å². The molecule has 1 aromatic carbocycles. The van der Waals surface area contributed by atoms with Crippen molar-refractivity contribution < 1.29 is 5.11 Å². The third kappa shape index (κ3) is 3.82. The molecule has 0 bridgehead atoms. The average Bonchev–Trinajstić information content (AvgIpc) is 2.84. The lowest BCUT2D eigenvalue weighted by molar-refractivity contribution is 0.264. The number of rotatable bonds is 7. The standard InChI is InChI=1S/C16H25NO/c1-17(10-2-3-12-18)11-9-14-7-8-15-5-4-6-16(15)13-14/h7-8,13,18H,2-6,9-12H2,1H3. The Morgan fingerprint density at radius 2 is 1.94 bits per heavy atom. The Morgan fingerprint density at radius 3 is 2.78 bits per heavy atom. The monoisotopic (exact) mass is 247 g/mol. The van der Waals surface area contributed by atoms with Crippen LogP contribution in [0.5, 0.6) is 0 Å². The third-order valence-corrected chi connectivity index (χ3v) is 3.89. The van der Waals surface area contributed by atoms with Crippen molar-refractivity contribution in [3.8, 4) is 0 Å². The maximum Gasteiger partial charge on any atom is 0.0431 e. The van der Waals surface area contributed by atoms with E-state index in [9.17, 15) is 0 Å². The topological polar surface area (TPSA) is 23.5 Å². The lowest BCUT2D eigenvalue weighted by atomic mass is 10.0. The van der Waals surface area contributed by atoms with Crippen LogP contribution < -0.4 is 0 Å². The highest BCUT2D eigenvalue weighted by Gasteiger charge is 2.10. The maximum atomic E-state index is 8.76. The third-order valence-electron chi connectivity index (χ3n) is 3.89. The Balaban J connectivity index is 1.76. The van der Waals surface area contributed by atoms with Crippen molar-refractivity contribution in [1.82, 2.24) is 4.90 Å². The normalized spacial score (nSPS) is 14.2. The van der Waals surface area contributed by atoms with Gasteiger partial charge in [0.25, 0.3) is 0 Å². The first-order valence-corrected chi connectivity index (χ1v) is 7.19. The summed E-state index contributed by atoms with van der Waals surface area (Å²) in [4.78, 5) is 2.36. The molecule has 2 heteroatoms. The Labute approximate surface area is 111 Å². The molecule has 1 aromatic rings. The van der Waals surface area contributed by atoms with Crippen LogP contribution in [-0.4, -0.2) is 36.8 Å². The molecule has 18 heavy (non-hydrogen) atoms. The molecule has 0 radical (unpaired) electrons. The molecule has 0 atom stereocenters. The summed E-state index contributed by atoms with van der Waals surface area (Å²) in [7, 11) is 2.17. The van der Waals surface area contributed by atoms with Gasteiger partial charge in [-0.25, -0.2) is 0 Å². The van der Waals surface area contributed by atoms with Gasteiger partial charge in [0.2, 0.25) is 0 Å². The van der Waals surface area contributed by atoms with Crippen LogP contribution in [0.2, 0.25) is 0 Å². The van der Waals surface area contributed by atoms with E-state index in [2.05, 4.69) is 30.1 Å². The molecule has 0 unspecified atom stereocenters. The number of hydrogen-bond acceptors (Lipinski definition) is 2. The van der Waals surface area contributed by atoms with E-state index in [4.69, 9.17) is 5.11 Å². The lowest BCUT2D eigenvalue weighted by Gasteiger charge is -2.16. The summed E-state index contributed by atoms with van der Waals surface area (Å²) in [6.07, 6.45) is 7.04. The lowest BCUT2D eigenvalue weighted by Crippen LogP contribution is -2.22. The van der Waals surface area contributed by atoms with E-state index in [-0.39, 0.29) is 0 Å². The number of hydrogen-bond donors (Lipinski definition) is 1. The molecule has 0 saturated carbocycles. The summed E-state index contributed by atoms with van der Waals surface area (Å²) < 4.78 is 0. The van der Waals surface area contributed by atoms with Crippen LogP contribution in [0.25, 0.3) is 0 Å². The molecule has 0 aliphatic heterocycles.